The molecular formula is C20H40N4O4S. The predicted molar refractivity (Wildman–Crippen MR) is 118 cm³/mol. The lowest BCUT2D eigenvalue weighted by molar-refractivity contribution is 0.0163. The van der Waals surface area contributed by atoms with Crippen LogP contribution < -0.4 is 10.6 Å². The van der Waals surface area contributed by atoms with Gasteiger partial charge in [0.25, 0.3) is 0 Å². The van der Waals surface area contributed by atoms with Crippen LogP contribution >= 0.6 is 0 Å². The molecule has 1 heterocycles. The fraction of sp³-hybridized carbons (Fsp3) is 0.900. The van der Waals surface area contributed by atoms with E-state index in [2.05, 4.69) is 15.6 Å². The molecule has 2 atom stereocenters. The van der Waals surface area contributed by atoms with Crippen LogP contribution in [0.15, 0.2) is 4.99 Å². The molecule has 1 aliphatic rings. The topological polar surface area (TPSA) is 100 Å². The van der Waals surface area contributed by atoms with Gasteiger partial charge in [-0.1, -0.05) is 0 Å². The summed E-state index contributed by atoms with van der Waals surface area (Å²) in [6, 6.07) is 0.0138. The first-order valence-electron chi connectivity index (χ1n) is 10.6. The van der Waals surface area contributed by atoms with Crippen LogP contribution in [0.5, 0.6) is 0 Å². The molecular weight excluding hydrogens is 392 g/mol. The predicted octanol–water partition coefficient (Wildman–Crippen LogP) is 2.40. The van der Waals surface area contributed by atoms with Crippen molar-refractivity contribution in [1.29, 1.82) is 0 Å². The number of aliphatic imine (C=N–C) groups is 1. The normalized spacial score (nSPS) is 19.6. The van der Waals surface area contributed by atoms with E-state index in [1.165, 1.54) is 6.26 Å². The Kier molecular flexibility index (Phi) is 10.2. The van der Waals surface area contributed by atoms with Crippen LogP contribution in [-0.2, 0) is 14.6 Å². The van der Waals surface area contributed by atoms with E-state index in [-0.39, 0.29) is 17.9 Å². The molecule has 2 unspecified atom stereocenters. The van der Waals surface area contributed by atoms with Crippen molar-refractivity contribution in [3.8, 4) is 0 Å². The average molecular weight is 433 g/mol. The van der Waals surface area contributed by atoms with Gasteiger partial charge in [-0.15, -0.1) is 0 Å². The van der Waals surface area contributed by atoms with Crippen LogP contribution in [-0.4, -0.2) is 75.2 Å². The average Bonchev–Trinajstić information content (AvgIpc) is 2.58. The number of guanidine groups is 1. The van der Waals surface area contributed by atoms with Crippen molar-refractivity contribution < 1.29 is 17.9 Å². The molecule has 8 nitrogen and oxygen atoms in total. The van der Waals surface area contributed by atoms with Gasteiger partial charge in [0, 0.05) is 38.5 Å². The number of hydrogen-bond donors (Lipinski definition) is 2. The smallest absolute Gasteiger partial charge is 0.410 e. The molecule has 0 aromatic rings. The van der Waals surface area contributed by atoms with E-state index in [4.69, 9.17) is 4.74 Å². The minimum absolute atomic E-state index is 0.0138. The molecule has 0 spiro atoms. The van der Waals surface area contributed by atoms with Crippen LogP contribution in [0, 0.1) is 5.92 Å². The maximum atomic E-state index is 12.3. The standard InChI is InChI=1S/C20H40N4O4S/c1-7-21-18(23-16(2)11-14-29(6,26)27)22-12-10-17-9-8-13-24(15-17)19(25)28-20(3,4)5/h16-17H,7-15H2,1-6H3,(H2,21,22,23). The summed E-state index contributed by atoms with van der Waals surface area (Å²) in [5, 5.41) is 6.48. The fourth-order valence-electron chi connectivity index (χ4n) is 3.17. The first-order chi connectivity index (χ1) is 13.4. The highest BCUT2D eigenvalue weighted by atomic mass is 32.2. The minimum atomic E-state index is -2.97. The van der Waals surface area contributed by atoms with Crippen molar-refractivity contribution in [3.63, 3.8) is 0 Å². The number of nitrogens with one attached hydrogen (secondary N) is 2. The monoisotopic (exact) mass is 432 g/mol. The molecule has 2 N–H and O–H groups in total. The number of hydrogen-bond acceptors (Lipinski definition) is 5. The zero-order chi connectivity index (χ0) is 22.1. The molecule has 29 heavy (non-hydrogen) atoms. The molecule has 0 aromatic heterocycles. The maximum Gasteiger partial charge on any atom is 0.410 e. The number of carbonyl (C=O) groups is 1. The van der Waals surface area contributed by atoms with Gasteiger partial charge in [-0.3, -0.25) is 4.99 Å². The largest absolute Gasteiger partial charge is 0.444 e. The van der Waals surface area contributed by atoms with Crippen molar-refractivity contribution in [2.75, 3.05) is 38.2 Å². The van der Waals surface area contributed by atoms with Crippen LogP contribution in [0.25, 0.3) is 0 Å². The maximum absolute atomic E-state index is 12.3. The summed E-state index contributed by atoms with van der Waals surface area (Å²) in [7, 11) is -2.97. The molecule has 0 radical (unpaired) electrons. The van der Waals surface area contributed by atoms with E-state index in [0.717, 1.165) is 32.4 Å². The highest BCUT2D eigenvalue weighted by Crippen LogP contribution is 2.21. The van der Waals surface area contributed by atoms with Gasteiger partial charge in [-0.2, -0.15) is 0 Å². The Morgan fingerprint density at radius 2 is 2.03 bits per heavy atom. The van der Waals surface area contributed by atoms with E-state index in [1.807, 2.05) is 34.6 Å². The number of piperidine rings is 1. The highest BCUT2D eigenvalue weighted by Gasteiger charge is 2.27. The number of amides is 1. The van der Waals surface area contributed by atoms with E-state index in [0.29, 0.717) is 31.4 Å². The zero-order valence-corrected chi connectivity index (χ0v) is 19.8. The first-order valence-corrected chi connectivity index (χ1v) is 12.7. The molecule has 1 rings (SSSR count). The molecule has 0 bridgehead atoms. The second-order valence-corrected chi connectivity index (χ2v) is 11.2. The number of ether oxygens (including phenoxy) is 1. The lowest BCUT2D eigenvalue weighted by atomic mass is 9.95. The molecule has 9 heteroatoms. The minimum Gasteiger partial charge on any atom is -0.444 e. The molecule has 1 amide bonds. The van der Waals surface area contributed by atoms with Crippen molar-refractivity contribution in [1.82, 2.24) is 15.5 Å². The van der Waals surface area contributed by atoms with Gasteiger partial charge in [-0.25, -0.2) is 13.2 Å². The second-order valence-electron chi connectivity index (χ2n) is 8.95. The SMILES string of the molecule is CCNC(=NCCC1CCCN(C(=O)OC(C)(C)C)C1)NC(C)CCS(C)(=O)=O. The fourth-order valence-corrected chi connectivity index (χ4v) is 3.95. The lowest BCUT2D eigenvalue weighted by Gasteiger charge is -2.34. The zero-order valence-electron chi connectivity index (χ0n) is 19.0. The Morgan fingerprint density at radius 3 is 2.62 bits per heavy atom. The van der Waals surface area contributed by atoms with Gasteiger partial charge >= 0.3 is 6.09 Å². The van der Waals surface area contributed by atoms with Crippen LogP contribution in [0.1, 0.15) is 60.3 Å². The Labute approximate surface area is 176 Å². The number of carbonyl (C=O) groups excluding carboxylic acids is 1. The van der Waals surface area contributed by atoms with E-state index >= 15 is 0 Å². The first kappa shape index (κ1) is 25.5. The third-order valence-corrected chi connectivity index (χ3v) is 5.60. The molecule has 170 valence electrons. The number of sulfone groups is 1. The van der Waals surface area contributed by atoms with Gasteiger partial charge < -0.3 is 20.3 Å². The summed E-state index contributed by atoms with van der Waals surface area (Å²) in [6.07, 6.45) is 4.52. The van der Waals surface area contributed by atoms with Gasteiger partial charge in [-0.05, 0) is 66.2 Å². The van der Waals surface area contributed by atoms with E-state index < -0.39 is 15.4 Å². The summed E-state index contributed by atoms with van der Waals surface area (Å²) in [6.45, 7) is 12.4. The van der Waals surface area contributed by atoms with Crippen molar-refractivity contribution in [3.05, 3.63) is 0 Å². The Bertz CT molecular complexity index is 643. The Morgan fingerprint density at radius 1 is 1.34 bits per heavy atom. The molecule has 0 saturated carbocycles. The summed E-state index contributed by atoms with van der Waals surface area (Å²) >= 11 is 0. The summed E-state index contributed by atoms with van der Waals surface area (Å²) in [4.78, 5) is 18.7. The molecule has 1 saturated heterocycles. The second kappa shape index (κ2) is 11.6. The lowest BCUT2D eigenvalue weighted by Crippen LogP contribution is -2.43. The molecule has 0 aliphatic carbocycles. The third-order valence-electron chi connectivity index (χ3n) is 4.63. The quantitative estimate of drug-likeness (QED) is 0.451. The van der Waals surface area contributed by atoms with Crippen LogP contribution in [0.3, 0.4) is 0 Å². The highest BCUT2D eigenvalue weighted by molar-refractivity contribution is 7.90. The van der Waals surface area contributed by atoms with Gasteiger partial charge in [0.15, 0.2) is 5.96 Å². The summed E-state index contributed by atoms with van der Waals surface area (Å²) < 4.78 is 28.2. The van der Waals surface area contributed by atoms with Gasteiger partial charge in [0.05, 0.1) is 5.75 Å². The Hall–Kier alpha value is -1.51. The summed E-state index contributed by atoms with van der Waals surface area (Å²) in [5.74, 6) is 1.27. The van der Waals surface area contributed by atoms with Gasteiger partial charge in [0.1, 0.15) is 15.4 Å². The number of rotatable bonds is 8. The van der Waals surface area contributed by atoms with Crippen molar-refractivity contribution >= 4 is 21.9 Å². The van der Waals surface area contributed by atoms with Crippen molar-refractivity contribution in [2.45, 2.75) is 71.9 Å². The third kappa shape index (κ3) is 11.9. The molecule has 1 fully saturated rings. The van der Waals surface area contributed by atoms with E-state index in [1.54, 1.807) is 4.90 Å². The van der Waals surface area contributed by atoms with Crippen LogP contribution in [0.2, 0.25) is 0 Å². The molecule has 0 aromatic carbocycles. The Balaban J connectivity index is 2.51. The number of likely N-dealkylation sites (tertiary alicyclic amines) is 1. The molecule has 1 aliphatic heterocycles. The van der Waals surface area contributed by atoms with E-state index in [9.17, 15) is 13.2 Å². The number of nitrogens with zero attached hydrogens (tertiary/aromatic N) is 2. The van der Waals surface area contributed by atoms with Crippen LogP contribution in [0.4, 0.5) is 4.79 Å². The van der Waals surface area contributed by atoms with Crippen molar-refractivity contribution in [2.24, 2.45) is 10.9 Å². The summed E-state index contributed by atoms with van der Waals surface area (Å²) in [5.41, 5.74) is -0.478. The van der Waals surface area contributed by atoms with Gasteiger partial charge in [0.2, 0.25) is 0 Å².